The Morgan fingerprint density at radius 3 is 3.10 bits per heavy atom. The van der Waals surface area contributed by atoms with E-state index in [1.807, 2.05) is 0 Å². The highest BCUT2D eigenvalue weighted by atomic mass is 35.5. The van der Waals surface area contributed by atoms with Gasteiger partial charge in [-0.05, 0) is 25.1 Å². The van der Waals surface area contributed by atoms with Crippen LogP contribution in [0.25, 0.3) is 0 Å². The van der Waals surface area contributed by atoms with Gasteiger partial charge in [-0.15, -0.1) is 11.3 Å². The van der Waals surface area contributed by atoms with Crippen LogP contribution in [0.5, 0.6) is 5.75 Å². The van der Waals surface area contributed by atoms with Gasteiger partial charge < -0.3 is 9.94 Å². The highest BCUT2D eigenvalue weighted by molar-refractivity contribution is 7.14. The van der Waals surface area contributed by atoms with Crippen LogP contribution in [0.15, 0.2) is 34.8 Å². The van der Waals surface area contributed by atoms with Crippen molar-refractivity contribution in [2.75, 3.05) is 11.9 Å². The number of thiazole rings is 1. The molecule has 8 heteroatoms. The number of nitrogens with zero attached hydrogens (tertiary/aromatic N) is 2. The first kappa shape index (κ1) is 15.3. The van der Waals surface area contributed by atoms with Crippen LogP contribution in [0.4, 0.5) is 5.13 Å². The summed E-state index contributed by atoms with van der Waals surface area (Å²) in [5, 5.41) is 16.9. The molecule has 2 aromatic rings. The number of hydrogen-bond acceptors (Lipinski definition) is 6. The smallest absolute Gasteiger partial charge is 0.264 e. The lowest BCUT2D eigenvalue weighted by atomic mass is 10.3. The molecule has 2 N–H and O–H groups in total. The van der Waals surface area contributed by atoms with Crippen LogP contribution in [-0.4, -0.2) is 28.4 Å². The number of oxime groups is 1. The van der Waals surface area contributed by atoms with E-state index in [4.69, 9.17) is 21.5 Å². The lowest BCUT2D eigenvalue weighted by Crippen LogP contribution is -2.20. The molecule has 110 valence electrons. The molecule has 2 rings (SSSR count). The zero-order valence-corrected chi connectivity index (χ0v) is 12.6. The van der Waals surface area contributed by atoms with Gasteiger partial charge in [0, 0.05) is 10.4 Å². The van der Waals surface area contributed by atoms with Crippen LogP contribution in [0.2, 0.25) is 5.02 Å². The van der Waals surface area contributed by atoms with Crippen LogP contribution in [0.3, 0.4) is 0 Å². The molecule has 0 aliphatic carbocycles. The lowest BCUT2D eigenvalue weighted by Gasteiger charge is -2.05. The van der Waals surface area contributed by atoms with Crippen molar-refractivity contribution in [3.05, 3.63) is 40.4 Å². The average Bonchev–Trinajstić information content (AvgIpc) is 2.93. The number of aromatic nitrogens is 1. The van der Waals surface area contributed by atoms with E-state index in [2.05, 4.69) is 15.5 Å². The van der Waals surface area contributed by atoms with Gasteiger partial charge in [0.25, 0.3) is 5.91 Å². The predicted molar refractivity (Wildman–Crippen MR) is 81.7 cm³/mol. The number of ether oxygens (including phenoxy) is 1. The summed E-state index contributed by atoms with van der Waals surface area (Å²) in [6.07, 6.45) is 0. The number of amides is 1. The monoisotopic (exact) mass is 325 g/mol. The number of hydrogen-bond donors (Lipinski definition) is 2. The summed E-state index contributed by atoms with van der Waals surface area (Å²) in [4.78, 5) is 15.8. The average molecular weight is 326 g/mol. The molecule has 6 nitrogen and oxygen atoms in total. The number of halogens is 1. The second kappa shape index (κ2) is 7.05. The zero-order valence-electron chi connectivity index (χ0n) is 11.0. The van der Waals surface area contributed by atoms with Crippen LogP contribution < -0.4 is 10.1 Å². The number of nitrogens with one attached hydrogen (secondary N) is 1. The normalized spacial score (nSPS) is 11.2. The molecular formula is C13H12ClN3O3S. The molecule has 0 bridgehead atoms. The zero-order chi connectivity index (χ0) is 15.2. The summed E-state index contributed by atoms with van der Waals surface area (Å²) >= 11 is 7.05. The Morgan fingerprint density at radius 2 is 2.38 bits per heavy atom. The van der Waals surface area contributed by atoms with Crippen LogP contribution >= 0.6 is 22.9 Å². The van der Waals surface area contributed by atoms with E-state index in [1.165, 1.54) is 11.3 Å². The van der Waals surface area contributed by atoms with Crippen LogP contribution in [0, 0.1) is 0 Å². The van der Waals surface area contributed by atoms with Crippen molar-refractivity contribution < 1.29 is 14.7 Å². The molecule has 0 radical (unpaired) electrons. The molecule has 0 aliphatic heterocycles. The lowest BCUT2D eigenvalue weighted by molar-refractivity contribution is -0.118. The Bertz CT molecular complexity index is 672. The van der Waals surface area contributed by atoms with E-state index in [1.54, 1.807) is 36.6 Å². The minimum Gasteiger partial charge on any atom is -0.484 e. The molecule has 0 atom stereocenters. The Hall–Kier alpha value is -2.12. The van der Waals surface area contributed by atoms with E-state index in [-0.39, 0.29) is 12.5 Å². The number of rotatable bonds is 5. The first-order chi connectivity index (χ1) is 10.1. The maximum absolute atomic E-state index is 11.7. The maximum atomic E-state index is 11.7. The van der Waals surface area contributed by atoms with Gasteiger partial charge in [0.1, 0.15) is 17.2 Å². The van der Waals surface area contributed by atoms with Gasteiger partial charge in [-0.2, -0.15) is 0 Å². The van der Waals surface area contributed by atoms with Crippen molar-refractivity contribution in [1.82, 2.24) is 4.98 Å². The molecule has 0 fully saturated rings. The van der Waals surface area contributed by atoms with Crippen molar-refractivity contribution in [1.29, 1.82) is 0 Å². The Morgan fingerprint density at radius 1 is 1.57 bits per heavy atom. The van der Waals surface area contributed by atoms with Crippen molar-refractivity contribution in [3.8, 4) is 5.75 Å². The molecule has 1 aromatic heterocycles. The van der Waals surface area contributed by atoms with Gasteiger partial charge in [-0.3, -0.25) is 10.1 Å². The maximum Gasteiger partial charge on any atom is 0.264 e. The quantitative estimate of drug-likeness (QED) is 0.503. The molecule has 1 aromatic carbocycles. The van der Waals surface area contributed by atoms with Crippen molar-refractivity contribution in [2.45, 2.75) is 6.92 Å². The summed E-state index contributed by atoms with van der Waals surface area (Å²) in [5.41, 5.74) is 0.885. The highest BCUT2D eigenvalue weighted by Gasteiger charge is 2.09. The van der Waals surface area contributed by atoms with Crippen LogP contribution in [-0.2, 0) is 4.79 Å². The molecule has 1 amide bonds. The fourth-order valence-electron chi connectivity index (χ4n) is 1.41. The molecule has 0 saturated carbocycles. The Kier molecular flexibility index (Phi) is 5.13. The van der Waals surface area contributed by atoms with Crippen molar-refractivity contribution >= 4 is 39.7 Å². The van der Waals surface area contributed by atoms with Crippen molar-refractivity contribution in [3.63, 3.8) is 0 Å². The van der Waals surface area contributed by atoms with E-state index in [0.717, 1.165) is 0 Å². The van der Waals surface area contributed by atoms with Gasteiger partial charge in [0.15, 0.2) is 11.7 Å². The van der Waals surface area contributed by atoms with Gasteiger partial charge in [-0.1, -0.05) is 22.8 Å². The molecule has 0 saturated heterocycles. The third-order valence-corrected chi connectivity index (χ3v) is 3.43. The minimum atomic E-state index is -0.338. The van der Waals surface area contributed by atoms with Crippen molar-refractivity contribution in [2.24, 2.45) is 5.16 Å². The molecule has 0 aliphatic rings. The molecule has 0 spiro atoms. The topological polar surface area (TPSA) is 83.8 Å². The second-order valence-corrected chi connectivity index (χ2v) is 5.31. The van der Waals surface area contributed by atoms with E-state index < -0.39 is 0 Å². The largest absolute Gasteiger partial charge is 0.484 e. The fourth-order valence-corrected chi connectivity index (χ4v) is 2.36. The minimum absolute atomic E-state index is 0.150. The summed E-state index contributed by atoms with van der Waals surface area (Å²) in [6.45, 7) is 1.46. The number of carbonyl (C=O) groups excluding carboxylic acids is 1. The first-order valence-corrected chi connectivity index (χ1v) is 7.17. The van der Waals surface area contributed by atoms with Gasteiger partial charge >= 0.3 is 0 Å². The first-order valence-electron chi connectivity index (χ1n) is 5.91. The summed E-state index contributed by atoms with van der Waals surface area (Å²) < 4.78 is 5.31. The molecule has 21 heavy (non-hydrogen) atoms. The standard InChI is InChI=1S/C13H12ClN3O3S/c1-8(17-19)11-7-21-13(15-11)16-12(18)6-20-10-4-2-3-9(14)5-10/h2-5,7,19H,6H2,1H3,(H,15,16,18). The van der Waals surface area contributed by atoms with Gasteiger partial charge in [0.05, 0.1) is 0 Å². The summed E-state index contributed by atoms with van der Waals surface area (Å²) in [7, 11) is 0. The van der Waals surface area contributed by atoms with Crippen LogP contribution in [0.1, 0.15) is 12.6 Å². The van der Waals surface area contributed by atoms with Gasteiger partial charge in [0.2, 0.25) is 0 Å². The molecule has 1 heterocycles. The molecule has 0 unspecified atom stereocenters. The Labute approximate surface area is 130 Å². The van der Waals surface area contributed by atoms with E-state index >= 15 is 0 Å². The predicted octanol–water partition coefficient (Wildman–Crippen LogP) is 3.01. The summed E-state index contributed by atoms with van der Waals surface area (Å²) in [6, 6.07) is 6.79. The van der Waals surface area contributed by atoms with Gasteiger partial charge in [-0.25, -0.2) is 4.98 Å². The van der Waals surface area contributed by atoms with E-state index in [0.29, 0.717) is 27.3 Å². The third kappa shape index (κ3) is 4.44. The second-order valence-electron chi connectivity index (χ2n) is 4.02. The third-order valence-electron chi connectivity index (χ3n) is 2.44. The molecular weight excluding hydrogens is 314 g/mol. The van der Waals surface area contributed by atoms with E-state index in [9.17, 15) is 4.79 Å². The number of carbonyl (C=O) groups is 1. The number of benzene rings is 1. The Balaban J connectivity index is 1.88. The summed E-state index contributed by atoms with van der Waals surface area (Å²) in [5.74, 6) is 0.176. The fraction of sp³-hybridized carbons (Fsp3) is 0.154. The highest BCUT2D eigenvalue weighted by Crippen LogP contribution is 2.18. The number of anilines is 1. The SMILES string of the molecule is CC(=NO)c1csc(NC(=O)COc2cccc(Cl)c2)n1.